The molecular formula is C86H84N2. The minimum absolute atomic E-state index is 0.302. The van der Waals surface area contributed by atoms with E-state index in [1.807, 2.05) is 93.6 Å². The quantitative estimate of drug-likeness (QED) is 0.149. The first kappa shape index (κ1) is 59.4. The maximum absolute atomic E-state index is 2.46. The molecule has 88 heavy (non-hydrogen) atoms. The van der Waals surface area contributed by atoms with Crippen LogP contribution < -0.4 is 0 Å². The normalized spacial score (nSPS) is 13.7. The largest absolute Gasteiger partial charge is 0.312 e. The Hall–Kier alpha value is -8.92. The third-order valence-electron chi connectivity index (χ3n) is 18.4. The minimum Gasteiger partial charge on any atom is -0.312 e. The highest BCUT2D eigenvalue weighted by molar-refractivity contribution is 6.09. The molecule has 0 heterocycles. The first-order valence-electron chi connectivity index (χ1n) is 32.3. The van der Waals surface area contributed by atoms with Crippen LogP contribution in [0.15, 0.2) is 243 Å². The van der Waals surface area contributed by atoms with Crippen molar-refractivity contribution in [3.8, 4) is 44.5 Å². The van der Waals surface area contributed by atoms with Crippen molar-refractivity contribution in [3.63, 3.8) is 0 Å². The van der Waals surface area contributed by atoms with Gasteiger partial charge in [-0.15, -0.1) is 0 Å². The second kappa shape index (κ2) is 24.7. The summed E-state index contributed by atoms with van der Waals surface area (Å²) in [6, 6.07) is 91.9. The van der Waals surface area contributed by atoms with Gasteiger partial charge in [-0.05, 0) is 223 Å². The summed E-state index contributed by atoms with van der Waals surface area (Å²) in [6.45, 7) is 12.0. The van der Waals surface area contributed by atoms with E-state index < -0.39 is 0 Å². The topological polar surface area (TPSA) is 6.48 Å². The smallest absolute Gasteiger partial charge is 0.0719 e. The lowest BCUT2D eigenvalue weighted by Gasteiger charge is -2.40. The van der Waals surface area contributed by atoms with Crippen LogP contribution in [-0.4, -0.2) is 52.1 Å². The van der Waals surface area contributed by atoms with Crippen LogP contribution in [0.1, 0.15) is 131 Å². The van der Waals surface area contributed by atoms with E-state index in [4.69, 9.17) is 0 Å². The van der Waals surface area contributed by atoms with Crippen molar-refractivity contribution in [1.82, 2.24) is 9.80 Å². The maximum atomic E-state index is 2.46. The Morgan fingerprint density at radius 3 is 0.830 bits per heavy atom. The number of hydrogen-bond acceptors (Lipinski definition) is 2. The van der Waals surface area contributed by atoms with Gasteiger partial charge in [0.05, 0.1) is 10.8 Å². The predicted octanol–water partition coefficient (Wildman–Crippen LogP) is 20.8. The fraction of sp³-hybridized carbons (Fsp3) is 0.209. The highest BCUT2D eigenvalue weighted by Crippen LogP contribution is 2.65. The Morgan fingerprint density at radius 1 is 0.227 bits per heavy atom. The molecule has 0 aromatic heterocycles. The minimum atomic E-state index is -0.302. The van der Waals surface area contributed by atoms with Gasteiger partial charge in [0, 0.05) is 0 Å². The third kappa shape index (κ3) is 9.30. The van der Waals surface area contributed by atoms with Gasteiger partial charge in [0.25, 0.3) is 0 Å². The van der Waals surface area contributed by atoms with Gasteiger partial charge >= 0.3 is 0 Å². The molecule has 6 aliphatic rings. The highest BCUT2D eigenvalue weighted by atomic mass is 15.0. The Balaban J connectivity index is 0.000000142. The van der Waals surface area contributed by atoms with Crippen molar-refractivity contribution in [2.45, 2.75) is 78.1 Å². The molecule has 0 saturated carbocycles. The lowest BCUT2D eigenvalue weighted by atomic mass is 9.61. The van der Waals surface area contributed by atoms with Crippen molar-refractivity contribution in [1.29, 1.82) is 0 Å². The zero-order valence-corrected chi connectivity index (χ0v) is 53.8. The lowest BCUT2D eigenvalue weighted by Crippen LogP contribution is -2.34. The molecule has 12 aromatic carbocycles. The van der Waals surface area contributed by atoms with E-state index in [1.165, 1.54) is 155 Å². The number of nitrogens with zero attached hydrogens (tertiary/aromatic N) is 2. The van der Waals surface area contributed by atoms with Crippen LogP contribution in [0.25, 0.3) is 66.1 Å². The van der Waals surface area contributed by atoms with Gasteiger partial charge in [-0.1, -0.05) is 284 Å². The molecule has 0 bridgehead atoms. The molecule has 2 spiro atoms. The number of fused-ring (bicyclic) bond motifs is 30. The molecule has 2 heteroatoms. The summed E-state index contributed by atoms with van der Waals surface area (Å²) < 4.78 is 0. The molecule has 0 N–H and O–H groups in total. The first-order chi connectivity index (χ1) is 43.2. The van der Waals surface area contributed by atoms with Gasteiger partial charge in [-0.2, -0.15) is 0 Å². The van der Waals surface area contributed by atoms with Crippen LogP contribution in [0.3, 0.4) is 0 Å². The molecule has 18 rings (SSSR count). The molecule has 6 aliphatic carbocycles. The van der Waals surface area contributed by atoms with E-state index in [-0.39, 0.29) is 10.8 Å². The first-order valence-corrected chi connectivity index (χ1v) is 32.3. The average Bonchev–Trinajstić information content (AvgIpc) is 1.50. The molecule has 0 fully saturated rings. The molecule has 0 saturated heterocycles. The monoisotopic (exact) mass is 1140 g/mol. The summed E-state index contributed by atoms with van der Waals surface area (Å²) in [5, 5.41) is 5.36. The van der Waals surface area contributed by atoms with Crippen LogP contribution >= 0.6 is 0 Å². The predicted molar refractivity (Wildman–Crippen MR) is 378 cm³/mol. The van der Waals surface area contributed by atoms with Gasteiger partial charge in [0.2, 0.25) is 0 Å². The summed E-state index contributed by atoms with van der Waals surface area (Å²) in [4.78, 5) is 4.00. The summed E-state index contributed by atoms with van der Waals surface area (Å²) in [6.07, 6.45) is 3.97. The zero-order valence-electron chi connectivity index (χ0n) is 53.8. The zero-order chi connectivity index (χ0) is 61.4. The number of hydrogen-bond donors (Lipinski definition) is 0. The molecule has 438 valence electrons. The van der Waals surface area contributed by atoms with Gasteiger partial charge < -0.3 is 9.80 Å². The highest BCUT2D eigenvalue weighted by Gasteiger charge is 2.53. The van der Waals surface area contributed by atoms with Gasteiger partial charge in [-0.3, -0.25) is 0 Å². The van der Waals surface area contributed by atoms with Crippen molar-refractivity contribution in [3.05, 3.63) is 332 Å². The summed E-state index contributed by atoms with van der Waals surface area (Å²) in [5.74, 6) is 0. The van der Waals surface area contributed by atoms with Crippen molar-refractivity contribution >= 4 is 21.5 Å². The van der Waals surface area contributed by atoms with Gasteiger partial charge in [0.1, 0.15) is 0 Å². The molecule has 0 amide bonds. The Labute approximate surface area is 524 Å². The number of benzene rings is 12. The van der Waals surface area contributed by atoms with Gasteiger partial charge in [0.15, 0.2) is 0 Å². The summed E-state index contributed by atoms with van der Waals surface area (Å²) in [7, 11) is 12.0. The Kier molecular flexibility index (Phi) is 16.7. The second-order valence-electron chi connectivity index (χ2n) is 24.3. The molecule has 0 unspecified atom stereocenters. The van der Waals surface area contributed by atoms with Crippen molar-refractivity contribution < 1.29 is 0 Å². The van der Waals surface area contributed by atoms with Crippen LogP contribution in [0.2, 0.25) is 0 Å². The fourth-order valence-corrected chi connectivity index (χ4v) is 15.6. The fourth-order valence-electron chi connectivity index (χ4n) is 15.6. The standard InChI is InChI=1S/2C37H24.2C3H9N.3C2H6/c2*1-6-14-28-23(9-1)17-19-33-35(28)36-30-22-24-10-2-5-13-27(24)29(30)18-20-34(36)37(33)31-15-7-3-11-25(31)21-26-12-4-8-16-32(26)37;2*1-4(2)3;3*1-2/h2*1-20H,21-22H2;2*1-3H3;3*1-2H3. The van der Waals surface area contributed by atoms with E-state index in [0.29, 0.717) is 0 Å². The van der Waals surface area contributed by atoms with Gasteiger partial charge in [-0.25, -0.2) is 0 Å². The van der Waals surface area contributed by atoms with Crippen molar-refractivity contribution in [2.75, 3.05) is 42.3 Å². The molecule has 0 aliphatic heterocycles. The number of rotatable bonds is 0. The molecule has 12 aromatic rings. The molecular weight excluding hydrogens is 1060 g/mol. The van der Waals surface area contributed by atoms with Crippen LogP contribution in [0, 0.1) is 0 Å². The van der Waals surface area contributed by atoms with Crippen LogP contribution in [0.4, 0.5) is 0 Å². The molecule has 0 atom stereocenters. The van der Waals surface area contributed by atoms with E-state index >= 15 is 0 Å². The van der Waals surface area contributed by atoms with Crippen LogP contribution in [0.5, 0.6) is 0 Å². The van der Waals surface area contributed by atoms with E-state index in [9.17, 15) is 0 Å². The Bertz CT molecular complexity index is 4180. The van der Waals surface area contributed by atoms with E-state index in [0.717, 1.165) is 25.7 Å². The van der Waals surface area contributed by atoms with E-state index in [2.05, 4.69) is 243 Å². The summed E-state index contributed by atoms with van der Waals surface area (Å²) >= 11 is 0. The third-order valence-corrected chi connectivity index (χ3v) is 18.4. The average molecular weight is 1150 g/mol. The summed E-state index contributed by atoms with van der Waals surface area (Å²) in [5.41, 5.74) is 34.0. The second-order valence-corrected chi connectivity index (χ2v) is 24.3. The Morgan fingerprint density at radius 2 is 0.489 bits per heavy atom. The maximum Gasteiger partial charge on any atom is 0.0719 e. The lowest BCUT2D eigenvalue weighted by molar-refractivity contribution is 0.505. The van der Waals surface area contributed by atoms with Crippen molar-refractivity contribution in [2.24, 2.45) is 0 Å². The van der Waals surface area contributed by atoms with Crippen LogP contribution in [-0.2, 0) is 36.5 Å². The molecule has 0 radical (unpaired) electrons. The molecule has 2 nitrogen and oxygen atoms in total. The SMILES string of the molecule is CC.CC.CC.CN(C)C.CN(C)C.c1ccc2c(c1)Cc1c-2ccc2c1-c1c(ccc3ccccc13)C21c2ccccc2Cc2ccccc21.c1ccc2c(c1)Cc1c-2ccc2c1-c1c(ccc3ccccc13)C21c2ccccc2Cc2ccccc21. The van der Waals surface area contributed by atoms with E-state index in [1.54, 1.807) is 0 Å².